The summed E-state index contributed by atoms with van der Waals surface area (Å²) in [6.45, 7) is 4.80. The second-order valence-corrected chi connectivity index (χ2v) is 4.63. The minimum atomic E-state index is -1.72. The first-order chi connectivity index (χ1) is 8.95. The Balaban J connectivity index is 2.25. The molecule has 7 heteroatoms. The van der Waals surface area contributed by atoms with Gasteiger partial charge in [0, 0.05) is 12.3 Å². The number of nitrogens with one attached hydrogen (secondary N) is 1. The number of carbonyl (C=O) groups is 1. The van der Waals surface area contributed by atoms with E-state index in [4.69, 9.17) is 4.74 Å². The van der Waals surface area contributed by atoms with Crippen molar-refractivity contribution in [3.05, 3.63) is 24.7 Å². The van der Waals surface area contributed by atoms with Gasteiger partial charge in [0.1, 0.15) is 17.5 Å². The molecule has 0 aromatic rings. The van der Waals surface area contributed by atoms with Crippen molar-refractivity contribution in [3.8, 4) is 0 Å². The van der Waals surface area contributed by atoms with Crippen LogP contribution in [0.25, 0.3) is 0 Å². The molecule has 0 spiro atoms. The molecule has 0 unspecified atom stereocenters. The van der Waals surface area contributed by atoms with Gasteiger partial charge in [-0.3, -0.25) is 4.79 Å². The highest BCUT2D eigenvalue weighted by atomic mass is 19.1. The second kappa shape index (κ2) is 4.92. The summed E-state index contributed by atoms with van der Waals surface area (Å²) in [6, 6.07) is 0. The number of carbonyl (C=O) groups excluding carboxylic acids is 1. The van der Waals surface area contributed by atoms with Crippen LogP contribution in [-0.2, 0) is 9.53 Å². The molecule has 19 heavy (non-hydrogen) atoms. The predicted octanol–water partition coefficient (Wildman–Crippen LogP) is -0.401. The van der Waals surface area contributed by atoms with Gasteiger partial charge in [0.05, 0.1) is 6.61 Å². The number of alkyl halides is 1. The van der Waals surface area contributed by atoms with Gasteiger partial charge < -0.3 is 25.2 Å². The molecule has 2 aliphatic rings. The Bertz CT molecular complexity index is 422. The maximum absolute atomic E-state index is 14.2. The van der Waals surface area contributed by atoms with Gasteiger partial charge in [0.25, 0.3) is 5.91 Å². The third-order valence-electron chi connectivity index (χ3n) is 3.57. The Morgan fingerprint density at radius 3 is 2.84 bits per heavy atom. The zero-order valence-corrected chi connectivity index (χ0v) is 10.5. The zero-order chi connectivity index (χ0) is 14.2. The molecule has 2 heterocycles. The van der Waals surface area contributed by atoms with Crippen molar-refractivity contribution in [3.63, 3.8) is 0 Å². The van der Waals surface area contributed by atoms with Crippen LogP contribution in [0, 0.1) is 0 Å². The molecule has 106 valence electrons. The van der Waals surface area contributed by atoms with Crippen LogP contribution in [0.4, 0.5) is 4.39 Å². The van der Waals surface area contributed by atoms with Crippen molar-refractivity contribution in [2.75, 3.05) is 6.61 Å². The van der Waals surface area contributed by atoms with E-state index in [0.29, 0.717) is 0 Å². The molecule has 0 aromatic heterocycles. The Hall–Kier alpha value is -1.44. The van der Waals surface area contributed by atoms with Crippen LogP contribution in [0.2, 0.25) is 0 Å². The Labute approximate surface area is 110 Å². The normalized spacial score (nSPS) is 38.7. The van der Waals surface area contributed by atoms with Gasteiger partial charge >= 0.3 is 0 Å². The molecular formula is C12H17FN2O4. The fraction of sp³-hybridized carbons (Fsp3) is 0.583. The third kappa shape index (κ3) is 2.13. The minimum Gasteiger partial charge on any atom is -0.393 e. The summed E-state index contributed by atoms with van der Waals surface area (Å²) in [4.78, 5) is 12.4. The third-order valence-corrected chi connectivity index (χ3v) is 3.57. The second-order valence-electron chi connectivity index (χ2n) is 4.63. The van der Waals surface area contributed by atoms with Gasteiger partial charge in [-0.2, -0.15) is 0 Å². The first-order valence-electron chi connectivity index (χ1n) is 6.02. The van der Waals surface area contributed by atoms with Gasteiger partial charge in [-0.05, 0) is 6.42 Å². The minimum absolute atomic E-state index is 0.164. The number of hydrogen-bond donors (Lipinski definition) is 3. The van der Waals surface area contributed by atoms with Gasteiger partial charge in [0.15, 0.2) is 12.4 Å². The number of halogens is 1. The summed E-state index contributed by atoms with van der Waals surface area (Å²) >= 11 is 0. The van der Waals surface area contributed by atoms with E-state index in [1.54, 1.807) is 6.92 Å². The number of hydrogen-bond acceptors (Lipinski definition) is 5. The van der Waals surface area contributed by atoms with Gasteiger partial charge in [-0.1, -0.05) is 13.5 Å². The van der Waals surface area contributed by atoms with E-state index < -0.39 is 30.7 Å². The van der Waals surface area contributed by atoms with E-state index >= 15 is 0 Å². The number of amides is 1. The lowest BCUT2D eigenvalue weighted by atomic mass is 9.94. The molecule has 1 fully saturated rings. The molecule has 6 nitrogen and oxygen atoms in total. The Morgan fingerprint density at radius 1 is 1.68 bits per heavy atom. The number of nitrogens with zero attached hydrogens (tertiary/aromatic N) is 1. The van der Waals surface area contributed by atoms with E-state index in [1.165, 1.54) is 17.2 Å². The molecule has 0 aromatic carbocycles. The number of ether oxygens (including phenoxy) is 1. The number of aliphatic hydroxyl groups excluding tert-OH is 2. The van der Waals surface area contributed by atoms with Crippen molar-refractivity contribution in [2.24, 2.45) is 0 Å². The van der Waals surface area contributed by atoms with E-state index in [2.05, 4.69) is 11.9 Å². The highest BCUT2D eigenvalue weighted by Gasteiger charge is 2.56. The first-order valence-corrected chi connectivity index (χ1v) is 6.02. The van der Waals surface area contributed by atoms with E-state index in [0.717, 1.165) is 0 Å². The molecule has 1 amide bonds. The largest absolute Gasteiger partial charge is 0.393 e. The van der Waals surface area contributed by atoms with Crippen molar-refractivity contribution in [2.45, 2.75) is 37.4 Å². The summed E-state index contributed by atoms with van der Waals surface area (Å²) in [5, 5.41) is 21.7. The lowest BCUT2D eigenvalue weighted by Gasteiger charge is -2.33. The molecule has 2 aliphatic heterocycles. The summed E-state index contributed by atoms with van der Waals surface area (Å²) in [6.07, 6.45) is -1.48. The molecule has 0 bridgehead atoms. The molecule has 0 aliphatic carbocycles. The quantitative estimate of drug-likeness (QED) is 0.651. The van der Waals surface area contributed by atoms with Crippen LogP contribution in [0.15, 0.2) is 24.7 Å². The monoisotopic (exact) mass is 272 g/mol. The van der Waals surface area contributed by atoms with Crippen LogP contribution < -0.4 is 5.32 Å². The molecule has 1 saturated heterocycles. The van der Waals surface area contributed by atoms with Crippen molar-refractivity contribution < 1.29 is 24.1 Å². The maximum Gasteiger partial charge on any atom is 0.250 e. The van der Waals surface area contributed by atoms with Gasteiger partial charge in [-0.25, -0.2) is 4.39 Å². The van der Waals surface area contributed by atoms with E-state index in [1.807, 2.05) is 0 Å². The van der Waals surface area contributed by atoms with Crippen molar-refractivity contribution in [1.29, 1.82) is 0 Å². The molecule has 0 radical (unpaired) electrons. The Kier molecular flexibility index (Phi) is 3.62. The summed E-state index contributed by atoms with van der Waals surface area (Å²) < 4.78 is 19.7. The molecule has 4 atom stereocenters. The van der Waals surface area contributed by atoms with E-state index in [9.17, 15) is 19.4 Å². The topological polar surface area (TPSA) is 82.0 Å². The molecule has 2 rings (SSSR count). The van der Waals surface area contributed by atoms with Crippen LogP contribution in [0.3, 0.4) is 0 Å². The summed E-state index contributed by atoms with van der Waals surface area (Å²) in [5.41, 5.74) is -1.33. The van der Waals surface area contributed by atoms with Gasteiger partial charge in [-0.15, -0.1) is 0 Å². The van der Waals surface area contributed by atoms with Crippen molar-refractivity contribution >= 4 is 5.91 Å². The summed E-state index contributed by atoms with van der Waals surface area (Å²) in [7, 11) is 0. The first kappa shape index (κ1) is 14.0. The highest BCUT2D eigenvalue weighted by molar-refractivity contribution is 5.89. The maximum atomic E-state index is 14.2. The van der Waals surface area contributed by atoms with Crippen LogP contribution in [-0.4, -0.2) is 51.7 Å². The van der Waals surface area contributed by atoms with Crippen LogP contribution >= 0.6 is 0 Å². The number of rotatable bonds is 3. The van der Waals surface area contributed by atoms with Crippen LogP contribution in [0.1, 0.15) is 13.3 Å². The number of aliphatic hydroxyl groups is 2. The zero-order valence-electron chi connectivity index (χ0n) is 10.5. The SMILES string of the molecule is C=C1NC(=O)C=CN1[C@@H]1O[C@](CC)(CO)[C@@H](O)[C@H]1F. The lowest BCUT2D eigenvalue weighted by Crippen LogP contribution is -2.45. The fourth-order valence-corrected chi connectivity index (χ4v) is 2.29. The standard InChI is InChI=1S/C12H17FN2O4/c1-3-12(6-16)10(18)9(13)11(19-12)15-5-4-8(17)14-7(15)2/h4-5,9-11,16,18H,2-3,6H2,1H3,(H,14,17)/t9-,10+,11-,12-/m1/s1. The Morgan fingerprint density at radius 2 is 2.37 bits per heavy atom. The van der Waals surface area contributed by atoms with Crippen molar-refractivity contribution in [1.82, 2.24) is 10.2 Å². The fourth-order valence-electron chi connectivity index (χ4n) is 2.29. The smallest absolute Gasteiger partial charge is 0.250 e. The van der Waals surface area contributed by atoms with Gasteiger partial charge in [0.2, 0.25) is 0 Å². The average molecular weight is 272 g/mol. The lowest BCUT2D eigenvalue weighted by molar-refractivity contribution is -0.138. The molecule has 3 N–H and O–H groups in total. The van der Waals surface area contributed by atoms with Crippen LogP contribution in [0.5, 0.6) is 0 Å². The average Bonchev–Trinajstić information content (AvgIpc) is 2.64. The highest BCUT2D eigenvalue weighted by Crippen LogP contribution is 2.38. The molecule has 0 saturated carbocycles. The van der Waals surface area contributed by atoms with E-state index in [-0.39, 0.29) is 18.1 Å². The summed E-state index contributed by atoms with van der Waals surface area (Å²) in [5.74, 6) is -0.198. The molecular weight excluding hydrogens is 255 g/mol. The predicted molar refractivity (Wildman–Crippen MR) is 64.1 cm³/mol.